The molecule has 0 fully saturated rings. The number of anilines is 1. The Hall–Kier alpha value is -1.85. The van der Waals surface area contributed by atoms with Gasteiger partial charge in [0.15, 0.2) is 0 Å². The van der Waals surface area contributed by atoms with Crippen LogP contribution in [0, 0.1) is 0 Å². The summed E-state index contributed by atoms with van der Waals surface area (Å²) >= 11 is 4.82. The van der Waals surface area contributed by atoms with Gasteiger partial charge in [0, 0.05) is 15.5 Å². The van der Waals surface area contributed by atoms with Crippen LogP contribution >= 0.6 is 27.7 Å². The second-order valence-corrected chi connectivity index (χ2v) is 6.60. The summed E-state index contributed by atoms with van der Waals surface area (Å²) in [6.07, 6.45) is 0. The molecule has 0 bridgehead atoms. The number of carbonyl (C=O) groups excluding carboxylic acids is 1. The SMILES string of the molecule is O=C(CSc1ccc2ccccc2n1)Nc1cccc(Br)c1. The molecule has 0 aliphatic rings. The zero-order valence-corrected chi connectivity index (χ0v) is 14.0. The van der Waals surface area contributed by atoms with Crippen molar-refractivity contribution in [3.8, 4) is 0 Å². The van der Waals surface area contributed by atoms with E-state index in [2.05, 4.69) is 26.2 Å². The summed E-state index contributed by atoms with van der Waals surface area (Å²) in [6, 6.07) is 19.5. The van der Waals surface area contributed by atoms with E-state index in [4.69, 9.17) is 0 Å². The molecule has 1 amide bonds. The van der Waals surface area contributed by atoms with Crippen molar-refractivity contribution < 1.29 is 4.79 Å². The molecule has 0 atom stereocenters. The van der Waals surface area contributed by atoms with Crippen molar-refractivity contribution in [2.75, 3.05) is 11.1 Å². The minimum absolute atomic E-state index is 0.0435. The molecular formula is C17H13BrN2OS. The lowest BCUT2D eigenvalue weighted by molar-refractivity contribution is -0.113. The normalized spacial score (nSPS) is 10.6. The Kier molecular flexibility index (Phi) is 4.75. The fourth-order valence-corrected chi connectivity index (χ4v) is 3.11. The highest BCUT2D eigenvalue weighted by atomic mass is 79.9. The van der Waals surface area contributed by atoms with E-state index in [0.29, 0.717) is 5.75 Å². The summed E-state index contributed by atoms with van der Waals surface area (Å²) in [5.74, 6) is 0.288. The van der Waals surface area contributed by atoms with Gasteiger partial charge in [-0.05, 0) is 30.3 Å². The van der Waals surface area contributed by atoms with Crippen molar-refractivity contribution in [2.45, 2.75) is 5.03 Å². The van der Waals surface area contributed by atoms with E-state index in [1.165, 1.54) is 11.8 Å². The lowest BCUT2D eigenvalue weighted by Crippen LogP contribution is -2.14. The molecule has 1 N–H and O–H groups in total. The van der Waals surface area contributed by atoms with E-state index < -0.39 is 0 Å². The highest BCUT2D eigenvalue weighted by Crippen LogP contribution is 2.21. The molecule has 3 rings (SSSR count). The minimum atomic E-state index is -0.0435. The third kappa shape index (κ3) is 3.87. The number of amides is 1. The maximum Gasteiger partial charge on any atom is 0.234 e. The maximum absolute atomic E-state index is 12.0. The van der Waals surface area contributed by atoms with Gasteiger partial charge < -0.3 is 5.32 Å². The number of carbonyl (C=O) groups is 1. The molecule has 5 heteroatoms. The van der Waals surface area contributed by atoms with E-state index in [-0.39, 0.29) is 5.91 Å². The molecule has 1 heterocycles. The number of fused-ring (bicyclic) bond motifs is 1. The highest BCUT2D eigenvalue weighted by Gasteiger charge is 2.05. The molecule has 22 heavy (non-hydrogen) atoms. The number of hydrogen-bond donors (Lipinski definition) is 1. The monoisotopic (exact) mass is 372 g/mol. The van der Waals surface area contributed by atoms with Crippen LogP contribution in [-0.2, 0) is 4.79 Å². The summed E-state index contributed by atoms with van der Waals surface area (Å²) in [5, 5.41) is 4.82. The number of hydrogen-bond acceptors (Lipinski definition) is 3. The average molecular weight is 373 g/mol. The number of benzene rings is 2. The van der Waals surface area contributed by atoms with Gasteiger partial charge in [0.2, 0.25) is 5.91 Å². The molecule has 3 aromatic rings. The van der Waals surface area contributed by atoms with Gasteiger partial charge >= 0.3 is 0 Å². The molecular weight excluding hydrogens is 360 g/mol. The first-order chi connectivity index (χ1) is 10.7. The standard InChI is InChI=1S/C17H13BrN2OS/c18-13-5-3-6-14(10-13)19-16(21)11-22-17-9-8-12-4-1-2-7-15(12)20-17/h1-10H,11H2,(H,19,21). The minimum Gasteiger partial charge on any atom is -0.325 e. The van der Waals surface area contributed by atoms with Crippen molar-refractivity contribution >= 4 is 50.2 Å². The van der Waals surface area contributed by atoms with Crippen molar-refractivity contribution in [3.05, 3.63) is 65.1 Å². The summed E-state index contributed by atoms with van der Waals surface area (Å²) < 4.78 is 0.939. The largest absolute Gasteiger partial charge is 0.325 e. The Morgan fingerprint density at radius 2 is 1.95 bits per heavy atom. The first-order valence-electron chi connectivity index (χ1n) is 6.75. The van der Waals surface area contributed by atoms with E-state index in [1.807, 2.05) is 60.7 Å². The smallest absolute Gasteiger partial charge is 0.234 e. The van der Waals surface area contributed by atoms with Gasteiger partial charge in [0.1, 0.15) is 0 Å². The fraction of sp³-hybridized carbons (Fsp3) is 0.0588. The zero-order chi connectivity index (χ0) is 15.4. The Morgan fingerprint density at radius 3 is 2.82 bits per heavy atom. The van der Waals surface area contributed by atoms with Crippen LogP contribution in [0.3, 0.4) is 0 Å². The highest BCUT2D eigenvalue weighted by molar-refractivity contribution is 9.10. The summed E-state index contributed by atoms with van der Waals surface area (Å²) in [5.41, 5.74) is 1.73. The van der Waals surface area contributed by atoms with Crippen LogP contribution in [0.15, 0.2) is 70.2 Å². The van der Waals surface area contributed by atoms with E-state index in [1.54, 1.807) is 0 Å². The van der Waals surface area contributed by atoms with Gasteiger partial charge in [-0.15, -0.1) is 0 Å². The Morgan fingerprint density at radius 1 is 1.09 bits per heavy atom. The molecule has 3 nitrogen and oxygen atoms in total. The number of nitrogens with zero attached hydrogens (tertiary/aromatic N) is 1. The van der Waals surface area contributed by atoms with Gasteiger partial charge in [0.05, 0.1) is 16.3 Å². The average Bonchev–Trinajstić information content (AvgIpc) is 2.53. The van der Waals surface area contributed by atoms with E-state index in [0.717, 1.165) is 26.1 Å². The van der Waals surface area contributed by atoms with Crippen molar-refractivity contribution in [1.82, 2.24) is 4.98 Å². The van der Waals surface area contributed by atoms with Gasteiger partial charge in [-0.2, -0.15) is 0 Å². The van der Waals surface area contributed by atoms with E-state index in [9.17, 15) is 4.79 Å². The van der Waals surface area contributed by atoms with Crippen LogP contribution in [0.2, 0.25) is 0 Å². The van der Waals surface area contributed by atoms with Crippen molar-refractivity contribution in [3.63, 3.8) is 0 Å². The predicted molar refractivity (Wildman–Crippen MR) is 95.2 cm³/mol. The summed E-state index contributed by atoms with van der Waals surface area (Å²) in [6.45, 7) is 0. The number of halogens is 1. The Bertz CT molecular complexity index is 822. The number of rotatable bonds is 4. The van der Waals surface area contributed by atoms with Crippen LogP contribution < -0.4 is 5.32 Å². The second kappa shape index (κ2) is 6.94. The number of thioether (sulfide) groups is 1. The first kappa shape index (κ1) is 15.1. The molecule has 0 saturated heterocycles. The third-order valence-electron chi connectivity index (χ3n) is 3.03. The number of aromatic nitrogens is 1. The van der Waals surface area contributed by atoms with E-state index >= 15 is 0 Å². The topological polar surface area (TPSA) is 42.0 Å². The molecule has 0 aliphatic heterocycles. The molecule has 0 saturated carbocycles. The Labute approximate surface area is 141 Å². The van der Waals surface area contributed by atoms with Crippen LogP contribution in [0.25, 0.3) is 10.9 Å². The first-order valence-corrected chi connectivity index (χ1v) is 8.52. The molecule has 0 unspecified atom stereocenters. The molecule has 0 radical (unpaired) electrons. The lowest BCUT2D eigenvalue weighted by Gasteiger charge is -2.06. The van der Waals surface area contributed by atoms with Crippen LogP contribution in [0.1, 0.15) is 0 Å². The lowest BCUT2D eigenvalue weighted by atomic mass is 10.2. The Balaban J connectivity index is 1.62. The van der Waals surface area contributed by atoms with Crippen LogP contribution in [0.5, 0.6) is 0 Å². The van der Waals surface area contributed by atoms with Crippen molar-refractivity contribution in [2.24, 2.45) is 0 Å². The van der Waals surface area contributed by atoms with Crippen LogP contribution in [-0.4, -0.2) is 16.6 Å². The second-order valence-electron chi connectivity index (χ2n) is 4.69. The van der Waals surface area contributed by atoms with Crippen molar-refractivity contribution in [1.29, 1.82) is 0 Å². The van der Waals surface area contributed by atoms with Gasteiger partial charge in [-0.25, -0.2) is 4.98 Å². The van der Waals surface area contributed by atoms with Gasteiger partial charge in [-0.1, -0.05) is 58.0 Å². The van der Waals surface area contributed by atoms with Gasteiger partial charge in [0.25, 0.3) is 0 Å². The number of para-hydroxylation sites is 1. The summed E-state index contributed by atoms with van der Waals surface area (Å²) in [4.78, 5) is 16.5. The fourth-order valence-electron chi connectivity index (χ4n) is 2.03. The molecule has 0 spiro atoms. The predicted octanol–water partition coefficient (Wildman–Crippen LogP) is 4.73. The quantitative estimate of drug-likeness (QED) is 0.673. The zero-order valence-electron chi connectivity index (χ0n) is 11.6. The summed E-state index contributed by atoms with van der Waals surface area (Å²) in [7, 11) is 0. The molecule has 0 aliphatic carbocycles. The number of nitrogens with one attached hydrogen (secondary N) is 1. The molecule has 2 aromatic carbocycles. The molecule has 1 aromatic heterocycles. The van der Waals surface area contributed by atoms with Gasteiger partial charge in [-0.3, -0.25) is 4.79 Å². The third-order valence-corrected chi connectivity index (χ3v) is 4.46. The molecule has 110 valence electrons. The van der Waals surface area contributed by atoms with Crippen LogP contribution in [0.4, 0.5) is 5.69 Å². The number of pyridine rings is 1. The maximum atomic E-state index is 12.0.